The van der Waals surface area contributed by atoms with E-state index in [-0.39, 0.29) is 0 Å². The Morgan fingerprint density at radius 3 is 2.60 bits per heavy atom. The first-order chi connectivity index (χ1) is 7.23. The maximum atomic E-state index is 2.79. The van der Waals surface area contributed by atoms with E-state index in [1.807, 2.05) is 0 Å². The third-order valence-electron chi connectivity index (χ3n) is 6.43. The van der Waals surface area contributed by atoms with Gasteiger partial charge >= 0.3 is 95.1 Å². The molecule has 88 valence electrons. The van der Waals surface area contributed by atoms with Crippen LogP contribution in [0.4, 0.5) is 0 Å². The van der Waals surface area contributed by atoms with Crippen molar-refractivity contribution in [1.29, 1.82) is 0 Å². The second-order valence-corrected chi connectivity index (χ2v) is 12.1. The molecular weight excluding hydrogens is 199 g/mol. The Morgan fingerprint density at radius 1 is 0.933 bits per heavy atom. The van der Waals surface area contributed by atoms with Crippen LogP contribution in [-0.2, 0) is 0 Å². The predicted octanol–water partition coefficient (Wildman–Crippen LogP) is 4.27. The third kappa shape index (κ3) is 1.43. The van der Waals surface area contributed by atoms with Crippen LogP contribution >= 0.6 is 7.26 Å². The molecule has 4 atom stereocenters. The minimum absolute atomic E-state index is 0.868. The third-order valence-corrected chi connectivity index (χ3v) is 13.5. The Balaban J connectivity index is 1.90. The summed E-state index contributed by atoms with van der Waals surface area (Å²) in [5.74, 6) is 1.18. The average Bonchev–Trinajstić information content (AvgIpc) is 2.55. The van der Waals surface area contributed by atoms with Crippen LogP contribution in [0.1, 0.15) is 58.3 Å². The summed E-state index contributed by atoms with van der Waals surface area (Å²) in [5.41, 5.74) is 3.62. The van der Waals surface area contributed by atoms with Crippen LogP contribution in [0, 0.1) is 5.92 Å². The van der Waals surface area contributed by atoms with Crippen molar-refractivity contribution in [3.05, 3.63) is 0 Å². The number of fused-ring (bicyclic) bond motifs is 3. The molecule has 1 saturated carbocycles. The van der Waals surface area contributed by atoms with Crippen molar-refractivity contribution >= 4 is 7.26 Å². The van der Waals surface area contributed by atoms with Gasteiger partial charge in [-0.2, -0.15) is 0 Å². The van der Waals surface area contributed by atoms with Gasteiger partial charge in [0.15, 0.2) is 0 Å². The Morgan fingerprint density at radius 2 is 1.73 bits per heavy atom. The molecule has 1 aliphatic carbocycles. The molecule has 0 aromatic rings. The second kappa shape index (κ2) is 3.73. The molecule has 0 spiro atoms. The second-order valence-electron chi connectivity index (χ2n) is 6.78. The normalized spacial score (nSPS) is 50.5. The Hall–Kier alpha value is 0.430. The summed E-state index contributed by atoms with van der Waals surface area (Å²) in [5, 5.41) is 0. The van der Waals surface area contributed by atoms with E-state index in [0.717, 1.165) is 5.66 Å². The number of rotatable bonds is 0. The number of hydrogen-bond acceptors (Lipinski definition) is 0. The molecule has 15 heavy (non-hydrogen) atoms. The Kier molecular flexibility index (Phi) is 2.63. The standard InChI is InChI=1S/C14H27P/c1-11-6-5-8-13-10-12-7-3-4-9-14(12)15(11,13)2/h11-15H,3-10H2,1-2H3. The summed E-state index contributed by atoms with van der Waals surface area (Å²) in [6.45, 7) is 5.40. The van der Waals surface area contributed by atoms with Gasteiger partial charge in [-0.05, 0) is 0 Å². The molecule has 0 aromatic carbocycles. The fourth-order valence-electron chi connectivity index (χ4n) is 5.41. The molecule has 0 nitrogen and oxygen atoms in total. The first-order valence-corrected chi connectivity index (χ1v) is 9.96. The van der Waals surface area contributed by atoms with Crippen LogP contribution in [-0.4, -0.2) is 23.6 Å². The molecule has 2 heterocycles. The molecule has 4 unspecified atom stereocenters. The van der Waals surface area contributed by atoms with Crippen molar-refractivity contribution < 1.29 is 0 Å². The first-order valence-electron chi connectivity index (χ1n) is 7.23. The molecule has 0 N–H and O–H groups in total. The minimum atomic E-state index is -0.868. The molecule has 0 radical (unpaired) electrons. The van der Waals surface area contributed by atoms with Crippen molar-refractivity contribution in [2.75, 3.05) is 6.66 Å². The SMILES string of the molecule is CC1CCCC2CC3CCCCC3[PH]12C. The molecule has 1 heteroatoms. The summed E-state index contributed by atoms with van der Waals surface area (Å²) in [7, 11) is -0.868. The topological polar surface area (TPSA) is 0 Å². The molecule has 0 amide bonds. The Bertz CT molecular complexity index is 250. The molecule has 2 saturated heterocycles. The summed E-state index contributed by atoms with van der Waals surface area (Å²) in [4.78, 5) is 0. The van der Waals surface area contributed by atoms with Gasteiger partial charge < -0.3 is 0 Å². The van der Waals surface area contributed by atoms with Gasteiger partial charge in [0.1, 0.15) is 0 Å². The van der Waals surface area contributed by atoms with E-state index >= 15 is 0 Å². The molecular formula is C14H27P. The molecule has 3 aliphatic rings. The van der Waals surface area contributed by atoms with E-state index < -0.39 is 7.26 Å². The van der Waals surface area contributed by atoms with Gasteiger partial charge in [0.05, 0.1) is 0 Å². The van der Waals surface area contributed by atoms with E-state index in [1.54, 1.807) is 51.4 Å². The van der Waals surface area contributed by atoms with Crippen LogP contribution < -0.4 is 0 Å². The van der Waals surface area contributed by atoms with E-state index in [4.69, 9.17) is 0 Å². The van der Waals surface area contributed by atoms with Crippen LogP contribution in [0.15, 0.2) is 0 Å². The van der Waals surface area contributed by atoms with Crippen LogP contribution in [0.5, 0.6) is 0 Å². The van der Waals surface area contributed by atoms with Crippen molar-refractivity contribution in [2.45, 2.75) is 75.3 Å². The molecule has 0 bridgehead atoms. The van der Waals surface area contributed by atoms with Gasteiger partial charge in [0.25, 0.3) is 0 Å². The van der Waals surface area contributed by atoms with E-state index in [0.29, 0.717) is 0 Å². The summed E-state index contributed by atoms with van der Waals surface area (Å²) < 4.78 is 0. The zero-order chi connectivity index (χ0) is 10.5. The van der Waals surface area contributed by atoms with E-state index in [2.05, 4.69) is 13.6 Å². The van der Waals surface area contributed by atoms with Gasteiger partial charge in [-0.3, -0.25) is 0 Å². The van der Waals surface area contributed by atoms with Gasteiger partial charge in [-0.1, -0.05) is 0 Å². The number of hydrogen-bond donors (Lipinski definition) is 0. The van der Waals surface area contributed by atoms with Gasteiger partial charge in [0.2, 0.25) is 0 Å². The zero-order valence-corrected chi connectivity index (χ0v) is 11.5. The molecule has 2 aliphatic heterocycles. The van der Waals surface area contributed by atoms with Crippen LogP contribution in [0.25, 0.3) is 0 Å². The van der Waals surface area contributed by atoms with E-state index in [1.165, 1.54) is 17.2 Å². The zero-order valence-electron chi connectivity index (χ0n) is 10.5. The fraction of sp³-hybridized carbons (Fsp3) is 1.00. The van der Waals surface area contributed by atoms with E-state index in [9.17, 15) is 0 Å². The van der Waals surface area contributed by atoms with Crippen LogP contribution in [0.2, 0.25) is 0 Å². The summed E-state index contributed by atoms with van der Waals surface area (Å²) in [6, 6.07) is 0. The van der Waals surface area contributed by atoms with Gasteiger partial charge in [-0.15, -0.1) is 0 Å². The van der Waals surface area contributed by atoms with Crippen molar-refractivity contribution in [2.24, 2.45) is 5.92 Å². The Labute approximate surface area is 95.6 Å². The van der Waals surface area contributed by atoms with Crippen molar-refractivity contribution in [3.8, 4) is 0 Å². The summed E-state index contributed by atoms with van der Waals surface area (Å²) in [6.07, 6.45) is 12.7. The van der Waals surface area contributed by atoms with Gasteiger partial charge in [0, 0.05) is 0 Å². The van der Waals surface area contributed by atoms with Crippen molar-refractivity contribution in [3.63, 3.8) is 0 Å². The fourth-order valence-corrected chi connectivity index (χ4v) is 12.2. The first kappa shape index (κ1) is 10.6. The maximum absolute atomic E-state index is 2.79. The van der Waals surface area contributed by atoms with Crippen LogP contribution in [0.3, 0.4) is 0 Å². The molecule has 3 rings (SSSR count). The average molecular weight is 226 g/mol. The predicted molar refractivity (Wildman–Crippen MR) is 71.7 cm³/mol. The van der Waals surface area contributed by atoms with Crippen molar-refractivity contribution in [1.82, 2.24) is 0 Å². The van der Waals surface area contributed by atoms with Gasteiger partial charge in [-0.25, -0.2) is 0 Å². The molecule has 0 aromatic heterocycles. The summed E-state index contributed by atoms with van der Waals surface area (Å²) >= 11 is 0. The quantitative estimate of drug-likeness (QED) is 0.541. The molecule has 3 fully saturated rings. The monoisotopic (exact) mass is 226 g/mol.